The molecule has 2 N–H and O–H groups in total. The van der Waals surface area contributed by atoms with E-state index in [1.54, 1.807) is 0 Å². The zero-order chi connectivity index (χ0) is 22.3. The third kappa shape index (κ3) is 9.72. The van der Waals surface area contributed by atoms with Gasteiger partial charge in [-0.3, -0.25) is 9.79 Å². The van der Waals surface area contributed by atoms with Crippen molar-refractivity contribution in [1.29, 1.82) is 0 Å². The summed E-state index contributed by atoms with van der Waals surface area (Å²) in [5.41, 5.74) is 1.28. The molecule has 1 aromatic carbocycles. The molecule has 31 heavy (non-hydrogen) atoms. The number of rotatable bonds is 14. The Morgan fingerprint density at radius 2 is 1.84 bits per heavy atom. The summed E-state index contributed by atoms with van der Waals surface area (Å²) in [6, 6.07) is 10.4. The van der Waals surface area contributed by atoms with E-state index in [0.717, 1.165) is 51.5 Å². The lowest BCUT2D eigenvalue weighted by atomic mass is 10.1. The summed E-state index contributed by atoms with van der Waals surface area (Å²) in [7, 11) is 0. The molecule has 0 aromatic heterocycles. The highest BCUT2D eigenvalue weighted by Gasteiger charge is 2.28. The van der Waals surface area contributed by atoms with E-state index in [1.165, 1.54) is 31.5 Å². The van der Waals surface area contributed by atoms with Gasteiger partial charge in [-0.25, -0.2) is 0 Å². The van der Waals surface area contributed by atoms with Crippen molar-refractivity contribution in [2.75, 3.05) is 52.4 Å². The standard InChI is InChI=1S/C25H43N5O/c1-4-15-29(16-5-2)17-10-14-27-25(26-6-3)28-20-23-19-24(31)30(21-23)18-13-22-11-8-7-9-12-22/h7-9,11-12,23H,4-6,10,13-21H2,1-3H3,(H2,26,27,28). The molecule has 0 aliphatic carbocycles. The van der Waals surface area contributed by atoms with Gasteiger partial charge in [-0.05, 0) is 57.8 Å². The summed E-state index contributed by atoms with van der Waals surface area (Å²) in [5, 5.41) is 6.81. The fourth-order valence-corrected chi connectivity index (χ4v) is 4.14. The molecule has 174 valence electrons. The van der Waals surface area contributed by atoms with Crippen molar-refractivity contribution in [3.8, 4) is 0 Å². The second-order valence-corrected chi connectivity index (χ2v) is 8.49. The minimum Gasteiger partial charge on any atom is -0.357 e. The molecule has 0 bridgehead atoms. The van der Waals surface area contributed by atoms with Gasteiger partial charge in [0.1, 0.15) is 0 Å². The first kappa shape index (κ1) is 25.2. The highest BCUT2D eigenvalue weighted by atomic mass is 16.2. The average molecular weight is 430 g/mol. The number of guanidine groups is 1. The number of carbonyl (C=O) groups is 1. The van der Waals surface area contributed by atoms with E-state index in [9.17, 15) is 4.79 Å². The smallest absolute Gasteiger partial charge is 0.223 e. The Morgan fingerprint density at radius 1 is 1.10 bits per heavy atom. The predicted molar refractivity (Wildman–Crippen MR) is 130 cm³/mol. The summed E-state index contributed by atoms with van der Waals surface area (Å²) in [6.07, 6.45) is 5.06. The molecule has 0 radical (unpaired) electrons. The zero-order valence-electron chi connectivity index (χ0n) is 19.9. The highest BCUT2D eigenvalue weighted by Crippen LogP contribution is 2.18. The molecule has 0 spiro atoms. The summed E-state index contributed by atoms with van der Waals surface area (Å²) in [4.78, 5) is 21.7. The molecule has 1 saturated heterocycles. The van der Waals surface area contributed by atoms with Crippen LogP contribution in [0.3, 0.4) is 0 Å². The van der Waals surface area contributed by atoms with E-state index >= 15 is 0 Å². The first-order chi connectivity index (χ1) is 15.2. The Bertz CT molecular complexity index is 643. The molecule has 1 aliphatic heterocycles. The summed E-state index contributed by atoms with van der Waals surface area (Å²) >= 11 is 0. The van der Waals surface area contributed by atoms with Crippen LogP contribution >= 0.6 is 0 Å². The minimum absolute atomic E-state index is 0.265. The van der Waals surface area contributed by atoms with Crippen molar-refractivity contribution in [2.45, 2.75) is 52.9 Å². The fraction of sp³-hybridized carbons (Fsp3) is 0.680. The number of hydrogen-bond donors (Lipinski definition) is 2. The molecule has 6 heteroatoms. The Morgan fingerprint density at radius 3 is 2.52 bits per heavy atom. The number of benzene rings is 1. The van der Waals surface area contributed by atoms with Crippen LogP contribution in [0.4, 0.5) is 0 Å². The number of nitrogens with zero attached hydrogens (tertiary/aromatic N) is 3. The van der Waals surface area contributed by atoms with E-state index in [0.29, 0.717) is 18.9 Å². The van der Waals surface area contributed by atoms with Crippen molar-refractivity contribution >= 4 is 11.9 Å². The molecule has 1 unspecified atom stereocenters. The molecular formula is C25H43N5O. The van der Waals surface area contributed by atoms with Crippen LogP contribution in [-0.2, 0) is 11.2 Å². The van der Waals surface area contributed by atoms with Gasteiger partial charge in [0.05, 0.1) is 0 Å². The molecule has 1 atom stereocenters. The van der Waals surface area contributed by atoms with Crippen LogP contribution in [0.15, 0.2) is 35.3 Å². The lowest BCUT2D eigenvalue weighted by Gasteiger charge is -2.21. The van der Waals surface area contributed by atoms with Crippen molar-refractivity contribution in [3.05, 3.63) is 35.9 Å². The quantitative estimate of drug-likeness (QED) is 0.271. The van der Waals surface area contributed by atoms with E-state index < -0.39 is 0 Å². The van der Waals surface area contributed by atoms with Crippen LogP contribution < -0.4 is 10.6 Å². The molecule has 1 fully saturated rings. The average Bonchev–Trinajstić information content (AvgIpc) is 3.13. The Kier molecular flexibility index (Phi) is 12.1. The molecule has 6 nitrogen and oxygen atoms in total. The second kappa shape index (κ2) is 14.8. The first-order valence-corrected chi connectivity index (χ1v) is 12.2. The molecule has 1 amide bonds. The highest BCUT2D eigenvalue weighted by molar-refractivity contribution is 5.80. The fourth-order valence-electron chi connectivity index (χ4n) is 4.14. The number of likely N-dealkylation sites (tertiary alicyclic amines) is 1. The van der Waals surface area contributed by atoms with Crippen LogP contribution in [0.2, 0.25) is 0 Å². The Labute approximate surface area is 189 Å². The third-order valence-electron chi connectivity index (χ3n) is 5.68. The van der Waals surface area contributed by atoms with Gasteiger partial charge in [-0.2, -0.15) is 0 Å². The molecule has 1 aliphatic rings. The number of hydrogen-bond acceptors (Lipinski definition) is 3. The van der Waals surface area contributed by atoms with Crippen LogP contribution in [0.5, 0.6) is 0 Å². The van der Waals surface area contributed by atoms with Gasteiger partial charge in [-0.1, -0.05) is 44.2 Å². The predicted octanol–water partition coefficient (Wildman–Crippen LogP) is 3.14. The van der Waals surface area contributed by atoms with Crippen LogP contribution in [0.1, 0.15) is 52.0 Å². The van der Waals surface area contributed by atoms with Gasteiger partial charge in [0.15, 0.2) is 5.96 Å². The van der Waals surface area contributed by atoms with Crippen LogP contribution in [0.25, 0.3) is 0 Å². The van der Waals surface area contributed by atoms with Gasteiger partial charge in [0, 0.05) is 45.1 Å². The third-order valence-corrected chi connectivity index (χ3v) is 5.68. The Balaban J connectivity index is 1.73. The monoisotopic (exact) mass is 429 g/mol. The topological polar surface area (TPSA) is 60.0 Å². The van der Waals surface area contributed by atoms with Crippen LogP contribution in [-0.4, -0.2) is 74.0 Å². The molecule has 2 rings (SSSR count). The lowest BCUT2D eigenvalue weighted by molar-refractivity contribution is -0.127. The normalized spacial score (nSPS) is 16.9. The van der Waals surface area contributed by atoms with E-state index in [2.05, 4.69) is 60.6 Å². The maximum atomic E-state index is 12.4. The SMILES string of the molecule is CCCN(CCC)CCCNC(=NCC1CC(=O)N(CCc2ccccc2)C1)NCC. The maximum Gasteiger partial charge on any atom is 0.223 e. The second-order valence-electron chi connectivity index (χ2n) is 8.49. The number of amides is 1. The Hall–Kier alpha value is -2.08. The minimum atomic E-state index is 0.265. The summed E-state index contributed by atoms with van der Waals surface area (Å²) in [5.74, 6) is 1.44. The lowest BCUT2D eigenvalue weighted by Crippen LogP contribution is -2.39. The molecule has 1 aromatic rings. The van der Waals surface area contributed by atoms with Gasteiger partial charge in [0.2, 0.25) is 5.91 Å². The maximum absolute atomic E-state index is 12.4. The summed E-state index contributed by atoms with van der Waals surface area (Å²) < 4.78 is 0. The van der Waals surface area contributed by atoms with E-state index in [1.807, 2.05) is 11.0 Å². The number of nitrogens with one attached hydrogen (secondary N) is 2. The first-order valence-electron chi connectivity index (χ1n) is 12.2. The van der Waals surface area contributed by atoms with Gasteiger partial charge in [0.25, 0.3) is 0 Å². The molecule has 0 saturated carbocycles. The van der Waals surface area contributed by atoms with Gasteiger partial charge < -0.3 is 20.4 Å². The van der Waals surface area contributed by atoms with Gasteiger partial charge >= 0.3 is 0 Å². The van der Waals surface area contributed by atoms with Crippen LogP contribution in [0, 0.1) is 5.92 Å². The number of aliphatic imine (C=N–C) groups is 1. The molecular weight excluding hydrogens is 386 g/mol. The van der Waals surface area contributed by atoms with Gasteiger partial charge in [-0.15, -0.1) is 0 Å². The van der Waals surface area contributed by atoms with Crippen molar-refractivity contribution < 1.29 is 4.79 Å². The number of carbonyl (C=O) groups excluding carboxylic acids is 1. The van der Waals surface area contributed by atoms with Crippen molar-refractivity contribution in [1.82, 2.24) is 20.4 Å². The largest absolute Gasteiger partial charge is 0.357 e. The summed E-state index contributed by atoms with van der Waals surface area (Å²) in [6.45, 7) is 14.1. The van der Waals surface area contributed by atoms with Crippen molar-refractivity contribution in [3.63, 3.8) is 0 Å². The van der Waals surface area contributed by atoms with Crippen molar-refractivity contribution in [2.24, 2.45) is 10.9 Å². The van der Waals surface area contributed by atoms with E-state index in [-0.39, 0.29) is 5.91 Å². The zero-order valence-corrected chi connectivity index (χ0v) is 19.9. The molecule has 1 heterocycles. The van der Waals surface area contributed by atoms with E-state index in [4.69, 9.17) is 4.99 Å².